The lowest BCUT2D eigenvalue weighted by Gasteiger charge is -2.10. The van der Waals surface area contributed by atoms with E-state index in [1.165, 1.54) is 36.4 Å². The Kier molecular flexibility index (Phi) is 5.69. The van der Waals surface area contributed by atoms with Gasteiger partial charge < -0.3 is 5.32 Å². The zero-order chi connectivity index (χ0) is 17.7. The molecule has 0 heterocycles. The molecule has 0 radical (unpaired) electrons. The lowest BCUT2D eigenvalue weighted by atomic mass is 10.2. The number of carbonyl (C=O) groups excluding carboxylic acids is 1. The fraction of sp³-hybridized carbons (Fsp3) is 0.235. The predicted molar refractivity (Wildman–Crippen MR) is 89.5 cm³/mol. The number of carbonyl (C=O) groups is 1. The molecule has 0 saturated carbocycles. The first kappa shape index (κ1) is 18.1. The molecule has 2 aromatic rings. The molecule has 0 aliphatic heterocycles. The topological polar surface area (TPSA) is 75.3 Å². The van der Waals surface area contributed by atoms with Crippen molar-refractivity contribution in [2.75, 3.05) is 0 Å². The van der Waals surface area contributed by atoms with Crippen LogP contribution in [-0.2, 0) is 16.6 Å². The lowest BCUT2D eigenvalue weighted by molar-refractivity contribution is 0.0950. The molecular weight excluding hydrogens is 331 g/mol. The Labute approximate surface area is 141 Å². The van der Waals surface area contributed by atoms with Gasteiger partial charge in [-0.25, -0.2) is 17.5 Å². The van der Waals surface area contributed by atoms with Gasteiger partial charge in [0.2, 0.25) is 10.0 Å². The second-order valence-electron chi connectivity index (χ2n) is 5.61. The number of halogens is 1. The first-order valence-electron chi connectivity index (χ1n) is 7.43. The summed E-state index contributed by atoms with van der Waals surface area (Å²) in [6.07, 6.45) is 0. The van der Waals surface area contributed by atoms with Crippen molar-refractivity contribution in [2.24, 2.45) is 0 Å². The maximum absolute atomic E-state index is 13.1. The average Bonchev–Trinajstić information content (AvgIpc) is 2.51. The summed E-state index contributed by atoms with van der Waals surface area (Å²) in [6, 6.07) is 11.4. The molecule has 2 aromatic carbocycles. The Morgan fingerprint density at radius 3 is 2.38 bits per heavy atom. The second kappa shape index (κ2) is 7.55. The Bertz CT molecular complexity index is 818. The molecule has 1 amide bonds. The first-order chi connectivity index (χ1) is 11.3. The number of rotatable bonds is 6. The maximum Gasteiger partial charge on any atom is 0.251 e. The maximum atomic E-state index is 13.1. The summed E-state index contributed by atoms with van der Waals surface area (Å²) < 4.78 is 39.6. The van der Waals surface area contributed by atoms with Gasteiger partial charge in [-0.1, -0.05) is 12.1 Å². The molecule has 2 rings (SSSR count). The van der Waals surface area contributed by atoms with Crippen LogP contribution in [0.5, 0.6) is 0 Å². The van der Waals surface area contributed by atoms with Gasteiger partial charge in [0.15, 0.2) is 0 Å². The Balaban J connectivity index is 2.03. The molecule has 0 atom stereocenters. The summed E-state index contributed by atoms with van der Waals surface area (Å²) in [5.41, 5.74) is 0.971. The van der Waals surface area contributed by atoms with E-state index in [2.05, 4.69) is 10.0 Å². The number of nitrogens with one attached hydrogen (secondary N) is 2. The summed E-state index contributed by atoms with van der Waals surface area (Å²) >= 11 is 0. The monoisotopic (exact) mass is 350 g/mol. The highest BCUT2D eigenvalue weighted by Crippen LogP contribution is 2.11. The largest absolute Gasteiger partial charge is 0.348 e. The van der Waals surface area contributed by atoms with Crippen molar-refractivity contribution in [1.82, 2.24) is 10.0 Å². The smallest absolute Gasteiger partial charge is 0.251 e. The van der Waals surface area contributed by atoms with Gasteiger partial charge in [0, 0.05) is 18.2 Å². The van der Waals surface area contributed by atoms with Crippen molar-refractivity contribution in [2.45, 2.75) is 31.3 Å². The zero-order valence-electron chi connectivity index (χ0n) is 13.4. The minimum absolute atomic E-state index is 0.0953. The van der Waals surface area contributed by atoms with E-state index in [1.807, 2.05) is 0 Å². The van der Waals surface area contributed by atoms with Gasteiger partial charge in [0.1, 0.15) is 5.82 Å². The molecule has 0 aromatic heterocycles. The Hall–Kier alpha value is -2.25. The lowest BCUT2D eigenvalue weighted by Crippen LogP contribution is -2.30. The van der Waals surface area contributed by atoms with Gasteiger partial charge in [0.05, 0.1) is 4.90 Å². The highest BCUT2D eigenvalue weighted by molar-refractivity contribution is 7.89. The minimum Gasteiger partial charge on any atom is -0.348 e. The number of hydrogen-bond donors (Lipinski definition) is 2. The number of amides is 1. The molecule has 0 aliphatic rings. The van der Waals surface area contributed by atoms with E-state index in [4.69, 9.17) is 0 Å². The van der Waals surface area contributed by atoms with Crippen LogP contribution in [0.2, 0.25) is 0 Å². The average molecular weight is 350 g/mol. The second-order valence-corrected chi connectivity index (χ2v) is 7.33. The third-order valence-electron chi connectivity index (χ3n) is 3.16. The predicted octanol–water partition coefficient (Wildman–Crippen LogP) is 2.44. The molecule has 0 aliphatic carbocycles. The van der Waals surface area contributed by atoms with Crippen LogP contribution in [0.3, 0.4) is 0 Å². The zero-order valence-corrected chi connectivity index (χ0v) is 14.2. The van der Waals surface area contributed by atoms with E-state index in [9.17, 15) is 17.6 Å². The van der Waals surface area contributed by atoms with Crippen LogP contribution in [0.15, 0.2) is 53.4 Å². The van der Waals surface area contributed by atoms with Gasteiger partial charge in [-0.05, 0) is 55.8 Å². The normalized spacial score (nSPS) is 11.5. The van der Waals surface area contributed by atoms with Gasteiger partial charge >= 0.3 is 0 Å². The summed E-state index contributed by atoms with van der Waals surface area (Å²) in [5.74, 6) is -0.728. The minimum atomic E-state index is -3.59. The molecule has 5 nitrogen and oxygen atoms in total. The van der Waals surface area contributed by atoms with Gasteiger partial charge in [-0.15, -0.1) is 0 Å². The molecule has 7 heteroatoms. The number of benzene rings is 2. The third kappa shape index (κ3) is 4.87. The molecule has 0 saturated heterocycles. The van der Waals surface area contributed by atoms with Crippen molar-refractivity contribution in [3.63, 3.8) is 0 Å². The summed E-state index contributed by atoms with van der Waals surface area (Å²) in [6.45, 7) is 3.64. The Morgan fingerprint density at radius 2 is 1.79 bits per heavy atom. The molecule has 128 valence electrons. The highest BCUT2D eigenvalue weighted by atomic mass is 32.2. The molecule has 2 N–H and O–H groups in total. The molecule has 24 heavy (non-hydrogen) atoms. The van der Waals surface area contributed by atoms with E-state index >= 15 is 0 Å². The van der Waals surface area contributed by atoms with E-state index < -0.39 is 10.0 Å². The molecule has 0 fully saturated rings. The van der Waals surface area contributed by atoms with Crippen molar-refractivity contribution < 1.29 is 17.6 Å². The van der Waals surface area contributed by atoms with Gasteiger partial charge in [-0.3, -0.25) is 4.79 Å². The van der Waals surface area contributed by atoms with Crippen LogP contribution in [0.25, 0.3) is 0 Å². The van der Waals surface area contributed by atoms with Gasteiger partial charge in [0.25, 0.3) is 5.91 Å². The van der Waals surface area contributed by atoms with Crippen molar-refractivity contribution >= 4 is 15.9 Å². The van der Waals surface area contributed by atoms with Crippen LogP contribution < -0.4 is 10.0 Å². The van der Waals surface area contributed by atoms with E-state index in [1.54, 1.807) is 26.0 Å². The molecule has 0 spiro atoms. The van der Waals surface area contributed by atoms with E-state index in [-0.39, 0.29) is 29.2 Å². The highest BCUT2D eigenvalue weighted by Gasteiger charge is 2.16. The standard InChI is InChI=1S/C17H19FN2O3S/c1-12(2)20-24(22,23)16-8-6-14(7-9-16)17(21)19-11-13-4-3-5-15(18)10-13/h3-10,12,20H,11H2,1-2H3,(H,19,21). The third-order valence-corrected chi connectivity index (χ3v) is 4.83. The summed E-state index contributed by atoms with van der Waals surface area (Å²) in [7, 11) is -3.59. The van der Waals surface area contributed by atoms with Crippen LogP contribution >= 0.6 is 0 Å². The first-order valence-corrected chi connectivity index (χ1v) is 8.91. The van der Waals surface area contributed by atoms with Crippen molar-refractivity contribution in [3.8, 4) is 0 Å². The van der Waals surface area contributed by atoms with Crippen LogP contribution in [0.1, 0.15) is 29.8 Å². The number of hydrogen-bond acceptors (Lipinski definition) is 3. The molecule has 0 unspecified atom stereocenters. The van der Waals surface area contributed by atoms with E-state index in [0.717, 1.165) is 0 Å². The van der Waals surface area contributed by atoms with Gasteiger partial charge in [-0.2, -0.15) is 0 Å². The molecule has 0 bridgehead atoms. The Morgan fingerprint density at radius 1 is 1.12 bits per heavy atom. The SMILES string of the molecule is CC(C)NS(=O)(=O)c1ccc(C(=O)NCc2cccc(F)c2)cc1. The fourth-order valence-electron chi connectivity index (χ4n) is 2.10. The van der Waals surface area contributed by atoms with Crippen LogP contribution in [0.4, 0.5) is 4.39 Å². The number of sulfonamides is 1. The quantitative estimate of drug-likeness (QED) is 0.840. The summed E-state index contributed by atoms with van der Waals surface area (Å²) in [4.78, 5) is 12.2. The summed E-state index contributed by atoms with van der Waals surface area (Å²) in [5, 5.41) is 2.66. The van der Waals surface area contributed by atoms with Crippen molar-refractivity contribution in [3.05, 3.63) is 65.5 Å². The van der Waals surface area contributed by atoms with Crippen molar-refractivity contribution in [1.29, 1.82) is 0 Å². The van der Waals surface area contributed by atoms with Crippen LogP contribution in [-0.4, -0.2) is 20.4 Å². The van der Waals surface area contributed by atoms with E-state index in [0.29, 0.717) is 11.1 Å². The fourth-order valence-corrected chi connectivity index (χ4v) is 3.35. The molecular formula is C17H19FN2O3S. The van der Waals surface area contributed by atoms with Crippen LogP contribution in [0, 0.1) is 5.82 Å².